The molecule has 0 aliphatic carbocycles. The van der Waals surface area contributed by atoms with Gasteiger partial charge in [0.25, 0.3) is 5.91 Å². The summed E-state index contributed by atoms with van der Waals surface area (Å²) < 4.78 is 5.13. The molecule has 1 aromatic rings. The summed E-state index contributed by atoms with van der Waals surface area (Å²) in [5.41, 5.74) is -0.0789. The minimum Gasteiger partial charge on any atom is -0.481 e. The van der Waals surface area contributed by atoms with Crippen LogP contribution in [0.15, 0.2) is 10.6 Å². The number of rotatable bonds is 8. The fourth-order valence-corrected chi connectivity index (χ4v) is 2.32. The summed E-state index contributed by atoms with van der Waals surface area (Å²) in [5.74, 6) is -1.03. The Morgan fingerprint density at radius 2 is 1.95 bits per heavy atom. The third kappa shape index (κ3) is 4.32. The number of aromatic nitrogens is 1. The van der Waals surface area contributed by atoms with Crippen LogP contribution in [0.25, 0.3) is 0 Å². The molecule has 0 aromatic carbocycles. The van der Waals surface area contributed by atoms with E-state index in [4.69, 9.17) is 9.63 Å². The number of carboxylic acids is 1. The van der Waals surface area contributed by atoms with Crippen molar-refractivity contribution >= 4 is 11.9 Å². The first kappa shape index (κ1) is 18.2. The largest absolute Gasteiger partial charge is 0.481 e. The molecule has 1 unspecified atom stereocenters. The van der Waals surface area contributed by atoms with E-state index >= 15 is 0 Å². The summed E-state index contributed by atoms with van der Waals surface area (Å²) in [4.78, 5) is 23.3. The van der Waals surface area contributed by atoms with Gasteiger partial charge in [-0.1, -0.05) is 32.9 Å². The van der Waals surface area contributed by atoms with E-state index in [0.717, 1.165) is 18.5 Å². The Labute approximate surface area is 131 Å². The molecule has 0 saturated heterocycles. The molecule has 0 saturated carbocycles. The SMILES string of the molecule is CCC(CC)c1cc(C(=O)NC(C)(CC(=O)O)C(C)C)on1. The van der Waals surface area contributed by atoms with Crippen LogP contribution >= 0.6 is 0 Å². The summed E-state index contributed by atoms with van der Waals surface area (Å²) in [6.45, 7) is 9.59. The highest BCUT2D eigenvalue weighted by atomic mass is 16.5. The molecular weight excluding hydrogens is 284 g/mol. The van der Waals surface area contributed by atoms with E-state index in [1.807, 2.05) is 13.8 Å². The summed E-state index contributed by atoms with van der Waals surface area (Å²) in [7, 11) is 0. The van der Waals surface area contributed by atoms with E-state index in [2.05, 4.69) is 24.3 Å². The van der Waals surface area contributed by atoms with Crippen molar-refractivity contribution in [1.82, 2.24) is 10.5 Å². The van der Waals surface area contributed by atoms with Crippen LogP contribution in [0, 0.1) is 5.92 Å². The smallest absolute Gasteiger partial charge is 0.305 e. The van der Waals surface area contributed by atoms with Crippen LogP contribution in [0.3, 0.4) is 0 Å². The van der Waals surface area contributed by atoms with Crippen LogP contribution in [-0.2, 0) is 4.79 Å². The van der Waals surface area contributed by atoms with E-state index in [9.17, 15) is 9.59 Å². The summed E-state index contributed by atoms with van der Waals surface area (Å²) in [5, 5.41) is 15.8. The lowest BCUT2D eigenvalue weighted by molar-refractivity contribution is -0.138. The zero-order chi connectivity index (χ0) is 16.9. The quantitative estimate of drug-likeness (QED) is 0.769. The van der Waals surface area contributed by atoms with E-state index in [0.29, 0.717) is 0 Å². The molecule has 0 spiro atoms. The summed E-state index contributed by atoms with van der Waals surface area (Å²) >= 11 is 0. The number of carboxylic acid groups (broad SMARTS) is 1. The second-order valence-corrected chi connectivity index (χ2v) is 6.23. The predicted octanol–water partition coefficient (Wildman–Crippen LogP) is 3.20. The number of hydrogen-bond donors (Lipinski definition) is 2. The van der Waals surface area contributed by atoms with E-state index in [1.54, 1.807) is 13.0 Å². The molecular formula is C16H26N2O4. The van der Waals surface area contributed by atoms with Crippen LogP contribution in [0.1, 0.15) is 76.0 Å². The molecule has 0 radical (unpaired) electrons. The Kier molecular flexibility index (Phi) is 6.14. The average Bonchev–Trinajstić information content (AvgIpc) is 2.88. The molecule has 6 heteroatoms. The van der Waals surface area contributed by atoms with Crippen molar-refractivity contribution in [2.24, 2.45) is 5.92 Å². The van der Waals surface area contributed by atoms with Crippen molar-refractivity contribution in [1.29, 1.82) is 0 Å². The van der Waals surface area contributed by atoms with Gasteiger partial charge in [-0.3, -0.25) is 9.59 Å². The van der Waals surface area contributed by atoms with Gasteiger partial charge < -0.3 is 14.9 Å². The zero-order valence-electron chi connectivity index (χ0n) is 14.0. The molecule has 124 valence electrons. The van der Waals surface area contributed by atoms with Gasteiger partial charge in [0, 0.05) is 12.0 Å². The van der Waals surface area contributed by atoms with E-state index in [1.165, 1.54) is 0 Å². The molecule has 1 rings (SSSR count). The van der Waals surface area contributed by atoms with Crippen LogP contribution in [0.4, 0.5) is 0 Å². The fourth-order valence-electron chi connectivity index (χ4n) is 2.32. The van der Waals surface area contributed by atoms with Crippen LogP contribution in [0.2, 0.25) is 0 Å². The normalized spacial score (nSPS) is 14.1. The Bertz CT molecular complexity index is 520. The first-order valence-corrected chi connectivity index (χ1v) is 7.74. The predicted molar refractivity (Wildman–Crippen MR) is 82.8 cm³/mol. The van der Waals surface area contributed by atoms with Gasteiger partial charge in [-0.15, -0.1) is 0 Å². The highest BCUT2D eigenvalue weighted by Crippen LogP contribution is 2.24. The summed E-state index contributed by atoms with van der Waals surface area (Å²) in [6, 6.07) is 1.65. The molecule has 1 heterocycles. The monoisotopic (exact) mass is 310 g/mol. The zero-order valence-corrected chi connectivity index (χ0v) is 14.0. The number of carbonyl (C=O) groups is 2. The van der Waals surface area contributed by atoms with Crippen molar-refractivity contribution in [3.63, 3.8) is 0 Å². The van der Waals surface area contributed by atoms with Crippen molar-refractivity contribution in [2.75, 3.05) is 0 Å². The van der Waals surface area contributed by atoms with Crippen molar-refractivity contribution < 1.29 is 19.2 Å². The maximum atomic E-state index is 12.3. The highest BCUT2D eigenvalue weighted by Gasteiger charge is 2.34. The van der Waals surface area contributed by atoms with E-state index in [-0.39, 0.29) is 24.0 Å². The van der Waals surface area contributed by atoms with Gasteiger partial charge in [0.05, 0.1) is 17.7 Å². The standard InChI is InChI=1S/C16H26N2O4/c1-6-11(7-2)12-8-13(22-18-12)15(21)17-16(5,10(3)4)9-14(19)20/h8,10-11H,6-7,9H2,1-5H3,(H,17,21)(H,19,20). The van der Waals surface area contributed by atoms with Gasteiger partial charge in [-0.05, 0) is 25.7 Å². The van der Waals surface area contributed by atoms with Crippen LogP contribution < -0.4 is 5.32 Å². The lowest BCUT2D eigenvalue weighted by Crippen LogP contribution is -2.51. The van der Waals surface area contributed by atoms with Gasteiger partial charge >= 0.3 is 5.97 Å². The Hall–Kier alpha value is -1.85. The first-order chi connectivity index (χ1) is 10.2. The molecule has 0 bridgehead atoms. The van der Waals surface area contributed by atoms with Crippen molar-refractivity contribution in [3.05, 3.63) is 17.5 Å². The number of aliphatic carboxylic acids is 1. The van der Waals surface area contributed by atoms with Crippen LogP contribution in [0.5, 0.6) is 0 Å². The van der Waals surface area contributed by atoms with Crippen molar-refractivity contribution in [3.8, 4) is 0 Å². The average molecular weight is 310 g/mol. The van der Waals surface area contributed by atoms with Crippen molar-refractivity contribution in [2.45, 2.75) is 65.3 Å². The van der Waals surface area contributed by atoms with E-state index < -0.39 is 17.4 Å². The lowest BCUT2D eigenvalue weighted by Gasteiger charge is -2.32. The van der Waals surface area contributed by atoms with Gasteiger partial charge in [0.2, 0.25) is 5.76 Å². The minimum atomic E-state index is -0.952. The van der Waals surface area contributed by atoms with Gasteiger partial charge in [0.15, 0.2) is 0 Å². The minimum absolute atomic E-state index is 0.0334. The lowest BCUT2D eigenvalue weighted by atomic mass is 9.85. The maximum Gasteiger partial charge on any atom is 0.305 e. The fraction of sp³-hybridized carbons (Fsp3) is 0.688. The third-order valence-corrected chi connectivity index (χ3v) is 4.35. The molecule has 1 amide bonds. The number of carbonyl (C=O) groups excluding carboxylic acids is 1. The first-order valence-electron chi connectivity index (χ1n) is 7.74. The Morgan fingerprint density at radius 1 is 1.36 bits per heavy atom. The number of nitrogens with zero attached hydrogens (tertiary/aromatic N) is 1. The second-order valence-electron chi connectivity index (χ2n) is 6.23. The molecule has 0 fully saturated rings. The molecule has 22 heavy (non-hydrogen) atoms. The number of amides is 1. The molecule has 2 N–H and O–H groups in total. The third-order valence-electron chi connectivity index (χ3n) is 4.35. The molecule has 0 aliphatic rings. The molecule has 1 atom stereocenters. The van der Waals surface area contributed by atoms with Gasteiger partial charge in [-0.2, -0.15) is 0 Å². The molecule has 1 aromatic heterocycles. The molecule has 0 aliphatic heterocycles. The summed E-state index contributed by atoms with van der Waals surface area (Å²) in [6.07, 6.45) is 1.70. The van der Waals surface area contributed by atoms with Gasteiger partial charge in [0.1, 0.15) is 0 Å². The Balaban J connectivity index is 2.89. The maximum absolute atomic E-state index is 12.3. The van der Waals surface area contributed by atoms with Gasteiger partial charge in [-0.25, -0.2) is 0 Å². The highest BCUT2D eigenvalue weighted by molar-refractivity contribution is 5.92. The van der Waals surface area contributed by atoms with Crippen LogP contribution in [-0.4, -0.2) is 27.7 Å². The number of nitrogens with one attached hydrogen (secondary N) is 1. The Morgan fingerprint density at radius 3 is 2.41 bits per heavy atom. The molecule has 6 nitrogen and oxygen atoms in total. The number of hydrogen-bond acceptors (Lipinski definition) is 4. The second kappa shape index (κ2) is 7.42. The topological polar surface area (TPSA) is 92.4 Å².